The van der Waals surface area contributed by atoms with Crippen molar-refractivity contribution in [1.82, 2.24) is 5.32 Å². The Bertz CT molecular complexity index is 874. The van der Waals surface area contributed by atoms with Gasteiger partial charge < -0.3 is 5.32 Å². The largest absolute Gasteiger partial charge is 0.361 e. The third kappa shape index (κ3) is 2.93. The van der Waals surface area contributed by atoms with Crippen LogP contribution in [0.5, 0.6) is 0 Å². The summed E-state index contributed by atoms with van der Waals surface area (Å²) < 4.78 is 0. The lowest BCUT2D eigenvalue weighted by Crippen LogP contribution is -2.41. The number of hydrogen-bond acceptors (Lipinski definition) is 5. The molecule has 1 aliphatic heterocycles. The average molecular weight is 337 g/mol. The maximum absolute atomic E-state index is 12.9. The smallest absolute Gasteiger partial charge is 0.269 e. The van der Waals surface area contributed by atoms with Gasteiger partial charge in [-0.2, -0.15) is 5.26 Å². The van der Waals surface area contributed by atoms with Gasteiger partial charge in [0.25, 0.3) is 5.69 Å². The van der Waals surface area contributed by atoms with Gasteiger partial charge in [0.1, 0.15) is 5.78 Å². The fraction of sp³-hybridized carbons (Fsp3) is 0.368. The van der Waals surface area contributed by atoms with Gasteiger partial charge in [0.2, 0.25) is 0 Å². The molecule has 2 aliphatic rings. The first kappa shape index (κ1) is 16.9. The first-order chi connectivity index (χ1) is 11.7. The van der Waals surface area contributed by atoms with E-state index in [1.54, 1.807) is 19.1 Å². The molecule has 1 aliphatic carbocycles. The van der Waals surface area contributed by atoms with E-state index in [0.29, 0.717) is 23.3 Å². The second kappa shape index (κ2) is 5.85. The fourth-order valence-corrected chi connectivity index (χ4v) is 3.80. The number of allylic oxidation sites excluding steroid dienone is 4. The number of rotatable bonds is 2. The molecule has 1 N–H and O–H groups in total. The van der Waals surface area contributed by atoms with Gasteiger partial charge in [-0.05, 0) is 17.9 Å². The summed E-state index contributed by atoms with van der Waals surface area (Å²) in [5.74, 6) is -0.957. The minimum Gasteiger partial charge on any atom is -0.361 e. The van der Waals surface area contributed by atoms with Crippen LogP contribution in [0.15, 0.2) is 47.3 Å². The Labute approximate surface area is 146 Å². The number of nitrogens with one attached hydrogen (secondary N) is 1. The topological polar surface area (TPSA) is 96.0 Å². The number of carbonyl (C=O) groups is 1. The normalized spacial score (nSPS) is 24.7. The number of nitro groups is 1. The summed E-state index contributed by atoms with van der Waals surface area (Å²) in [4.78, 5) is 23.5. The van der Waals surface area contributed by atoms with Gasteiger partial charge in [0.05, 0.1) is 22.5 Å². The molecule has 2 unspecified atom stereocenters. The van der Waals surface area contributed by atoms with Gasteiger partial charge in [-0.25, -0.2) is 0 Å². The summed E-state index contributed by atoms with van der Waals surface area (Å²) in [5.41, 5.74) is 2.25. The Morgan fingerprint density at radius 2 is 2.08 bits per heavy atom. The average Bonchev–Trinajstić information content (AvgIpc) is 2.52. The van der Waals surface area contributed by atoms with Crippen LogP contribution in [0.4, 0.5) is 5.69 Å². The molecule has 0 saturated carbocycles. The molecule has 0 amide bonds. The van der Waals surface area contributed by atoms with Crippen LogP contribution in [-0.2, 0) is 4.79 Å². The van der Waals surface area contributed by atoms with E-state index in [1.165, 1.54) is 12.1 Å². The molecule has 1 aromatic carbocycles. The zero-order chi connectivity index (χ0) is 18.4. The predicted octanol–water partition coefficient (Wildman–Crippen LogP) is 3.58. The molecule has 0 radical (unpaired) electrons. The van der Waals surface area contributed by atoms with Crippen molar-refractivity contribution in [3.63, 3.8) is 0 Å². The summed E-state index contributed by atoms with van der Waals surface area (Å²) in [6, 6.07) is 8.42. The zero-order valence-corrected chi connectivity index (χ0v) is 14.4. The van der Waals surface area contributed by atoms with Crippen LogP contribution in [-0.4, -0.2) is 10.7 Å². The van der Waals surface area contributed by atoms with E-state index in [0.717, 1.165) is 5.70 Å². The second-order valence-electron chi connectivity index (χ2n) is 7.31. The lowest BCUT2D eigenvalue weighted by molar-refractivity contribution is -0.384. The Kier molecular flexibility index (Phi) is 3.96. The Balaban J connectivity index is 2.20. The highest BCUT2D eigenvalue weighted by atomic mass is 16.6. The molecule has 6 nitrogen and oxygen atoms in total. The van der Waals surface area contributed by atoms with Gasteiger partial charge in [-0.3, -0.25) is 14.9 Å². The quantitative estimate of drug-likeness (QED) is 0.657. The third-order valence-corrected chi connectivity index (χ3v) is 4.80. The summed E-state index contributed by atoms with van der Waals surface area (Å²) in [7, 11) is 0. The molecule has 6 heteroatoms. The Hall–Kier alpha value is -2.94. The van der Waals surface area contributed by atoms with Crippen LogP contribution in [0.1, 0.15) is 38.7 Å². The molecule has 25 heavy (non-hydrogen) atoms. The molecule has 1 aromatic rings. The summed E-state index contributed by atoms with van der Waals surface area (Å²) >= 11 is 0. The van der Waals surface area contributed by atoms with E-state index in [-0.39, 0.29) is 16.9 Å². The van der Waals surface area contributed by atoms with Crippen molar-refractivity contribution >= 4 is 11.5 Å². The van der Waals surface area contributed by atoms with E-state index >= 15 is 0 Å². The van der Waals surface area contributed by atoms with Crippen molar-refractivity contribution in [2.24, 2.45) is 11.3 Å². The third-order valence-electron chi connectivity index (χ3n) is 4.80. The van der Waals surface area contributed by atoms with E-state index in [9.17, 15) is 20.2 Å². The molecule has 2 atom stereocenters. The van der Waals surface area contributed by atoms with Gasteiger partial charge in [-0.1, -0.05) is 32.1 Å². The summed E-state index contributed by atoms with van der Waals surface area (Å²) in [6.07, 6.45) is 2.42. The van der Waals surface area contributed by atoms with E-state index in [2.05, 4.69) is 11.4 Å². The highest BCUT2D eigenvalue weighted by molar-refractivity contribution is 5.88. The fourth-order valence-electron chi connectivity index (χ4n) is 3.80. The molecule has 128 valence electrons. The van der Waals surface area contributed by atoms with Crippen molar-refractivity contribution in [3.05, 3.63) is 63.0 Å². The maximum Gasteiger partial charge on any atom is 0.269 e. The van der Waals surface area contributed by atoms with Crippen molar-refractivity contribution in [3.8, 4) is 6.07 Å². The number of nitro benzene ring substituents is 1. The number of non-ortho nitro benzene ring substituents is 1. The molecule has 0 bridgehead atoms. The number of ketones is 1. The number of Topliss-reactive ketones (excluding diaryl/α,β-unsaturated/α-hetero) is 1. The first-order valence-electron chi connectivity index (χ1n) is 8.11. The van der Waals surface area contributed by atoms with E-state index < -0.39 is 16.8 Å². The molecular weight excluding hydrogens is 318 g/mol. The number of nitriles is 1. The molecular formula is C19H19N3O3. The van der Waals surface area contributed by atoms with Gasteiger partial charge in [0.15, 0.2) is 0 Å². The number of carbonyl (C=O) groups excluding carboxylic acids is 1. The van der Waals surface area contributed by atoms with Crippen molar-refractivity contribution in [2.75, 3.05) is 0 Å². The number of nitrogens with zero attached hydrogens (tertiary/aromatic N) is 2. The van der Waals surface area contributed by atoms with E-state index in [4.69, 9.17) is 0 Å². The lowest BCUT2D eigenvalue weighted by atomic mass is 9.66. The van der Waals surface area contributed by atoms with E-state index in [1.807, 2.05) is 19.9 Å². The highest BCUT2D eigenvalue weighted by Gasteiger charge is 2.44. The van der Waals surface area contributed by atoms with Crippen LogP contribution >= 0.6 is 0 Å². The SMILES string of the molecule is CC1=C(C#N)C(c2cccc([N+](=O)[O-])c2)C2C(=O)CC(C)(C)C=C2N1. The monoisotopic (exact) mass is 337 g/mol. The molecule has 0 aromatic heterocycles. The minimum atomic E-state index is -0.506. The lowest BCUT2D eigenvalue weighted by Gasteiger charge is -2.40. The second-order valence-corrected chi connectivity index (χ2v) is 7.31. The molecule has 0 fully saturated rings. The van der Waals surface area contributed by atoms with Crippen LogP contribution in [0, 0.1) is 32.8 Å². The number of fused-ring (bicyclic) bond motifs is 1. The van der Waals surface area contributed by atoms with Gasteiger partial charge in [0, 0.05) is 35.9 Å². The van der Waals surface area contributed by atoms with Gasteiger partial charge in [-0.15, -0.1) is 0 Å². The standard InChI is InChI=1S/C19H19N3O3/c1-11-14(10-20)17(12-5-4-6-13(7-12)22(24)25)18-15(21-11)8-19(2,3)9-16(18)23/h4-8,17-18,21H,9H2,1-3H3. The minimum absolute atomic E-state index is 0.0416. The van der Waals surface area contributed by atoms with Crippen molar-refractivity contribution in [2.45, 2.75) is 33.1 Å². The Morgan fingerprint density at radius 1 is 1.36 bits per heavy atom. The number of hydrogen-bond donors (Lipinski definition) is 1. The molecule has 1 heterocycles. The maximum atomic E-state index is 12.9. The van der Waals surface area contributed by atoms with Crippen LogP contribution in [0.2, 0.25) is 0 Å². The van der Waals surface area contributed by atoms with Crippen LogP contribution in [0.3, 0.4) is 0 Å². The van der Waals surface area contributed by atoms with Gasteiger partial charge >= 0.3 is 0 Å². The van der Waals surface area contributed by atoms with Crippen molar-refractivity contribution < 1.29 is 9.72 Å². The molecule has 0 saturated heterocycles. The summed E-state index contributed by atoms with van der Waals surface area (Å²) in [5, 5.41) is 24.0. The molecule has 3 rings (SSSR count). The van der Waals surface area contributed by atoms with Crippen molar-refractivity contribution in [1.29, 1.82) is 5.26 Å². The molecule has 0 spiro atoms. The van der Waals surface area contributed by atoms with Crippen LogP contribution in [0.25, 0.3) is 0 Å². The Morgan fingerprint density at radius 3 is 2.72 bits per heavy atom. The summed E-state index contributed by atoms with van der Waals surface area (Å²) in [6.45, 7) is 5.79. The number of benzene rings is 1. The van der Waals surface area contributed by atoms with Crippen LogP contribution < -0.4 is 5.32 Å². The first-order valence-corrected chi connectivity index (χ1v) is 8.11. The predicted molar refractivity (Wildman–Crippen MR) is 92.3 cm³/mol. The highest BCUT2D eigenvalue weighted by Crippen LogP contribution is 2.46. The zero-order valence-electron chi connectivity index (χ0n) is 14.4.